The summed E-state index contributed by atoms with van der Waals surface area (Å²) in [6.07, 6.45) is 0. The number of hydrogen-bond donors (Lipinski definition) is 0. The first-order chi connectivity index (χ1) is 45.6. The molecule has 0 unspecified atom stereocenters. The van der Waals surface area contributed by atoms with Gasteiger partial charge in [0.05, 0.1) is 44.6 Å². The monoisotopic (exact) mass is 1220 g/mol. The summed E-state index contributed by atoms with van der Waals surface area (Å²) in [6, 6.07) is 104. The van der Waals surface area contributed by atoms with Gasteiger partial charge in [-0.1, -0.05) is 218 Å². The number of benzene rings is 12. The Morgan fingerprint density at radius 3 is 0.755 bits per heavy atom. The van der Waals surface area contributed by atoms with Gasteiger partial charge in [0.25, 0.3) is 0 Å². The van der Waals surface area contributed by atoms with E-state index in [1.807, 2.05) is 0 Å². The Labute approximate surface area is 552 Å². The van der Waals surface area contributed by atoms with Gasteiger partial charge >= 0.3 is 14.2 Å². The molecule has 12 aromatic carbocycles. The van der Waals surface area contributed by atoms with Crippen LogP contribution in [0.1, 0.15) is 99.9 Å². The molecule has 0 bridgehead atoms. The minimum atomic E-state index is -0.494. The molecule has 454 valence electrons. The topological polar surface area (TPSA) is 43.4 Å². The lowest BCUT2D eigenvalue weighted by Crippen LogP contribution is -2.41. The minimum absolute atomic E-state index is 0.464. The third kappa shape index (κ3) is 7.89. The zero-order chi connectivity index (χ0) is 63.7. The molecule has 6 nitrogen and oxygen atoms in total. The summed E-state index contributed by atoms with van der Waals surface area (Å²) in [7, 11) is -0.974. The first-order valence-electron chi connectivity index (χ1n) is 33.2. The normalized spacial score (nSPS) is 17.4. The molecule has 8 heteroatoms. The molecule has 2 spiro atoms. The molecule has 0 atom stereocenters. The first-order valence-corrected chi connectivity index (χ1v) is 33.2. The Morgan fingerprint density at radius 1 is 0.234 bits per heavy atom. The van der Waals surface area contributed by atoms with Crippen molar-refractivity contribution in [3.8, 4) is 55.6 Å². The van der Waals surface area contributed by atoms with Gasteiger partial charge in [0.2, 0.25) is 0 Å². The zero-order valence-corrected chi connectivity index (χ0v) is 54.2. The van der Waals surface area contributed by atoms with Gasteiger partial charge in [-0.15, -0.1) is 0 Å². The summed E-state index contributed by atoms with van der Waals surface area (Å²) >= 11 is 0. The minimum Gasteiger partial charge on any atom is -0.399 e. The van der Waals surface area contributed by atoms with Crippen LogP contribution in [0.4, 0.5) is 34.1 Å². The molecule has 6 aliphatic rings. The number of hydrogen-bond acceptors (Lipinski definition) is 6. The molecule has 12 aromatic rings. The molecule has 94 heavy (non-hydrogen) atoms. The second kappa shape index (κ2) is 20.4. The van der Waals surface area contributed by atoms with Crippen molar-refractivity contribution in [1.82, 2.24) is 0 Å². The van der Waals surface area contributed by atoms with Crippen molar-refractivity contribution in [3.63, 3.8) is 0 Å². The van der Waals surface area contributed by atoms with Gasteiger partial charge in [0.1, 0.15) is 0 Å². The number of nitrogens with zero attached hydrogens (tertiary/aromatic N) is 2. The van der Waals surface area contributed by atoms with Crippen molar-refractivity contribution in [2.45, 2.75) is 88.6 Å². The fourth-order valence-electron chi connectivity index (χ4n) is 16.6. The maximum Gasteiger partial charge on any atom is 0.494 e. The van der Waals surface area contributed by atoms with E-state index in [0.717, 1.165) is 56.2 Å². The highest BCUT2D eigenvalue weighted by atomic mass is 16.7. The Kier molecular flexibility index (Phi) is 12.3. The predicted molar refractivity (Wildman–Crippen MR) is 385 cm³/mol. The number of fused-ring (bicyclic) bond motifs is 20. The molecule has 18 rings (SSSR count). The lowest BCUT2D eigenvalue weighted by Gasteiger charge is -2.32. The summed E-state index contributed by atoms with van der Waals surface area (Å²) in [5.41, 5.74) is 28.2. The molecular formula is C86H70B2N2O4. The molecule has 0 radical (unpaired) electrons. The van der Waals surface area contributed by atoms with E-state index in [2.05, 4.69) is 344 Å². The van der Waals surface area contributed by atoms with Crippen LogP contribution in [0.2, 0.25) is 0 Å². The molecule has 0 aromatic heterocycles. The SMILES string of the molecule is CC1(C)OB(c2ccc(N(c3ccc(-c4ccc(N(c5ccc(B6OC(C)(C)C(C)(C)O6)cc5)c5cccc6c5-c5ccccc5C65c6ccccc6-c6ccccc65)cc4)cc3)c3cccc4c3-c3ccccc3C43c4ccccc4-c4ccccc43)cc2)OC1(C)C. The van der Waals surface area contributed by atoms with Crippen LogP contribution in [0.25, 0.3) is 55.6 Å². The van der Waals surface area contributed by atoms with Gasteiger partial charge in [-0.05, 0) is 216 Å². The molecular weight excluding hydrogens is 1150 g/mol. The number of anilines is 6. The summed E-state index contributed by atoms with van der Waals surface area (Å²) in [6.45, 7) is 16.9. The molecule has 2 saturated heterocycles. The van der Waals surface area contributed by atoms with Crippen molar-refractivity contribution >= 4 is 59.3 Å². The van der Waals surface area contributed by atoms with Crippen LogP contribution in [0, 0.1) is 0 Å². The Hall–Kier alpha value is -9.79. The quantitative estimate of drug-likeness (QED) is 0.134. The molecule has 0 N–H and O–H groups in total. The van der Waals surface area contributed by atoms with Gasteiger partial charge in [0.15, 0.2) is 0 Å². The average Bonchev–Trinajstić information content (AvgIpc) is 1.51. The summed E-state index contributed by atoms with van der Waals surface area (Å²) < 4.78 is 26.4. The first kappa shape index (κ1) is 56.9. The smallest absolute Gasteiger partial charge is 0.399 e. The third-order valence-corrected chi connectivity index (χ3v) is 22.4. The van der Waals surface area contributed by atoms with E-state index in [0.29, 0.717) is 0 Å². The molecule has 2 fully saturated rings. The van der Waals surface area contributed by atoms with Crippen LogP contribution in [0.5, 0.6) is 0 Å². The van der Waals surface area contributed by atoms with Gasteiger partial charge in [-0.2, -0.15) is 0 Å². The largest absolute Gasteiger partial charge is 0.494 e. The van der Waals surface area contributed by atoms with E-state index < -0.39 is 47.5 Å². The lowest BCUT2D eigenvalue weighted by molar-refractivity contribution is 0.00578. The van der Waals surface area contributed by atoms with Gasteiger partial charge in [-0.3, -0.25) is 0 Å². The maximum absolute atomic E-state index is 6.61. The maximum atomic E-state index is 6.61. The van der Waals surface area contributed by atoms with Gasteiger partial charge in [0, 0.05) is 33.9 Å². The predicted octanol–water partition coefficient (Wildman–Crippen LogP) is 19.6. The Balaban J connectivity index is 0.759. The van der Waals surface area contributed by atoms with Crippen molar-refractivity contribution in [1.29, 1.82) is 0 Å². The fraction of sp³-hybridized carbons (Fsp3) is 0.163. The van der Waals surface area contributed by atoms with E-state index in [-0.39, 0.29) is 0 Å². The van der Waals surface area contributed by atoms with E-state index >= 15 is 0 Å². The standard InChI is InChI=1S/C86H70B2N2O4/c1-81(2)82(3,4)92-87(91-81)57-43-51-61(52-44-57)89(77-37-21-35-75-79(77)67-27-13-19-33-73(67)85(75)69-29-15-9-23-63(69)64-24-10-16-30-70(64)85)59-47-39-55(40-48-59)56-41-49-60(50-42-56)90(62-53-45-58(46-54-62)88-93-83(5,6)84(7,8)94-88)78-38-22-36-76-80(78)68-28-14-20-34-74(68)86(76)71-31-17-11-25-65(71)66-26-12-18-32-72(66)86/h9-54H,1-8H3. The highest BCUT2D eigenvalue weighted by Gasteiger charge is 2.56. The van der Waals surface area contributed by atoms with Crippen molar-refractivity contribution in [2.24, 2.45) is 0 Å². The highest BCUT2D eigenvalue weighted by Crippen LogP contribution is 2.67. The van der Waals surface area contributed by atoms with Crippen LogP contribution in [-0.4, -0.2) is 36.6 Å². The fourth-order valence-corrected chi connectivity index (χ4v) is 16.6. The van der Waals surface area contributed by atoms with E-state index in [1.165, 1.54) is 89.0 Å². The van der Waals surface area contributed by atoms with Crippen LogP contribution in [-0.2, 0) is 29.4 Å². The van der Waals surface area contributed by atoms with Crippen LogP contribution in [0.3, 0.4) is 0 Å². The molecule has 0 saturated carbocycles. The highest BCUT2D eigenvalue weighted by molar-refractivity contribution is 6.62. The molecule has 2 aliphatic heterocycles. The van der Waals surface area contributed by atoms with Crippen molar-refractivity contribution in [3.05, 3.63) is 324 Å². The van der Waals surface area contributed by atoms with Gasteiger partial charge < -0.3 is 28.4 Å². The molecule has 0 amide bonds. The van der Waals surface area contributed by atoms with Crippen LogP contribution >= 0.6 is 0 Å². The molecule has 4 aliphatic carbocycles. The molecule has 2 heterocycles. The van der Waals surface area contributed by atoms with E-state index in [9.17, 15) is 0 Å². The lowest BCUT2D eigenvalue weighted by atomic mass is 9.70. The summed E-state index contributed by atoms with van der Waals surface area (Å²) in [5, 5.41) is 0. The number of rotatable bonds is 9. The third-order valence-electron chi connectivity index (χ3n) is 22.4. The zero-order valence-electron chi connectivity index (χ0n) is 54.2. The van der Waals surface area contributed by atoms with E-state index in [1.54, 1.807) is 0 Å². The summed E-state index contributed by atoms with van der Waals surface area (Å²) in [4.78, 5) is 4.89. The van der Waals surface area contributed by atoms with E-state index in [4.69, 9.17) is 18.6 Å². The summed E-state index contributed by atoms with van der Waals surface area (Å²) in [5.74, 6) is 0. The second-order valence-corrected chi connectivity index (χ2v) is 28.3. The van der Waals surface area contributed by atoms with Crippen molar-refractivity contribution < 1.29 is 18.6 Å². The van der Waals surface area contributed by atoms with Gasteiger partial charge in [-0.25, -0.2) is 0 Å². The van der Waals surface area contributed by atoms with Crippen molar-refractivity contribution in [2.75, 3.05) is 9.80 Å². The Bertz CT molecular complexity index is 4630. The van der Waals surface area contributed by atoms with Crippen LogP contribution in [0.15, 0.2) is 279 Å². The average molecular weight is 1220 g/mol. The Morgan fingerprint density at radius 2 is 0.468 bits per heavy atom. The second-order valence-electron chi connectivity index (χ2n) is 28.3. The van der Waals surface area contributed by atoms with Crippen LogP contribution < -0.4 is 20.7 Å².